The highest BCUT2D eigenvalue weighted by molar-refractivity contribution is 5.98. The Kier molecular flexibility index (Phi) is 3.57. The normalized spacial score (nSPS) is 11.5. The van der Waals surface area contributed by atoms with Crippen molar-refractivity contribution in [3.63, 3.8) is 0 Å². The van der Waals surface area contributed by atoms with E-state index >= 15 is 0 Å². The van der Waals surface area contributed by atoms with Crippen molar-refractivity contribution in [3.8, 4) is 5.75 Å². The van der Waals surface area contributed by atoms with Gasteiger partial charge in [0.05, 0.1) is 11.1 Å². The van der Waals surface area contributed by atoms with Crippen LogP contribution in [-0.4, -0.2) is 10.9 Å². The third kappa shape index (κ3) is 2.74. The highest BCUT2D eigenvalue weighted by Crippen LogP contribution is 2.32. The van der Waals surface area contributed by atoms with E-state index in [0.29, 0.717) is 12.5 Å². The van der Waals surface area contributed by atoms with Gasteiger partial charge in [-0.25, -0.2) is 0 Å². The van der Waals surface area contributed by atoms with Gasteiger partial charge < -0.3 is 5.11 Å². The van der Waals surface area contributed by atoms with Gasteiger partial charge in [-0.3, -0.25) is 4.79 Å². The molecule has 0 saturated carbocycles. The van der Waals surface area contributed by atoms with Crippen molar-refractivity contribution in [1.29, 1.82) is 0 Å². The first-order chi connectivity index (χ1) is 7.36. The zero-order valence-corrected chi connectivity index (χ0v) is 8.64. The van der Waals surface area contributed by atoms with Crippen LogP contribution < -0.4 is 0 Å². The second-order valence-corrected chi connectivity index (χ2v) is 3.40. The van der Waals surface area contributed by atoms with E-state index in [4.69, 9.17) is 0 Å². The number of hydrogen-bond donors (Lipinski definition) is 1. The third-order valence-electron chi connectivity index (χ3n) is 2.10. The van der Waals surface area contributed by atoms with Crippen molar-refractivity contribution < 1.29 is 23.1 Å². The van der Waals surface area contributed by atoms with Gasteiger partial charge >= 0.3 is 6.18 Å². The lowest BCUT2D eigenvalue weighted by atomic mass is 10.0. The van der Waals surface area contributed by atoms with Gasteiger partial charge in [-0.15, -0.1) is 0 Å². The molecule has 16 heavy (non-hydrogen) atoms. The molecule has 0 aliphatic heterocycles. The van der Waals surface area contributed by atoms with E-state index in [9.17, 15) is 23.1 Å². The summed E-state index contributed by atoms with van der Waals surface area (Å²) in [5, 5.41) is 9.33. The number of ketones is 1. The van der Waals surface area contributed by atoms with Gasteiger partial charge in [-0.05, 0) is 24.6 Å². The van der Waals surface area contributed by atoms with Crippen molar-refractivity contribution in [1.82, 2.24) is 0 Å². The molecule has 2 nitrogen and oxygen atoms in total. The Bertz CT molecular complexity index is 397. The lowest BCUT2D eigenvalue weighted by Gasteiger charge is -2.09. The van der Waals surface area contributed by atoms with Crippen LogP contribution in [0.2, 0.25) is 0 Å². The van der Waals surface area contributed by atoms with Crippen LogP contribution in [0.4, 0.5) is 13.2 Å². The minimum absolute atomic E-state index is 0.0603. The molecule has 1 aromatic carbocycles. The second kappa shape index (κ2) is 4.55. The number of aromatic hydroxyl groups is 1. The van der Waals surface area contributed by atoms with E-state index in [0.717, 1.165) is 12.1 Å². The molecule has 1 aromatic rings. The summed E-state index contributed by atoms with van der Waals surface area (Å²) in [5.74, 6) is -0.970. The third-order valence-corrected chi connectivity index (χ3v) is 2.10. The Balaban J connectivity index is 3.05. The van der Waals surface area contributed by atoms with Crippen molar-refractivity contribution in [2.75, 3.05) is 0 Å². The summed E-state index contributed by atoms with van der Waals surface area (Å²) in [6.45, 7) is 1.78. The van der Waals surface area contributed by atoms with Crippen LogP contribution in [-0.2, 0) is 6.18 Å². The Morgan fingerprint density at radius 1 is 1.38 bits per heavy atom. The Morgan fingerprint density at radius 2 is 2.00 bits per heavy atom. The number of phenols is 1. The number of halogens is 3. The van der Waals surface area contributed by atoms with Crippen molar-refractivity contribution in [2.45, 2.75) is 25.9 Å². The number of alkyl halides is 3. The van der Waals surface area contributed by atoms with E-state index in [1.807, 2.05) is 0 Å². The molecule has 0 radical (unpaired) electrons. The molecule has 5 heteroatoms. The predicted molar refractivity (Wildman–Crippen MR) is 52.3 cm³/mol. The SMILES string of the molecule is CCCC(=O)c1ccc(C(F)(F)F)cc1O. The first kappa shape index (κ1) is 12.5. The van der Waals surface area contributed by atoms with Crippen LogP contribution in [0.15, 0.2) is 18.2 Å². The van der Waals surface area contributed by atoms with E-state index in [2.05, 4.69) is 0 Å². The molecule has 1 N–H and O–H groups in total. The second-order valence-electron chi connectivity index (χ2n) is 3.40. The molecule has 0 bridgehead atoms. The van der Waals surface area contributed by atoms with Crippen molar-refractivity contribution >= 4 is 5.78 Å². The number of hydrogen-bond acceptors (Lipinski definition) is 2. The molecule has 0 saturated heterocycles. The molecule has 0 atom stereocenters. The van der Waals surface area contributed by atoms with Crippen molar-refractivity contribution in [2.24, 2.45) is 0 Å². The minimum atomic E-state index is -4.51. The first-order valence-corrected chi connectivity index (χ1v) is 4.79. The smallest absolute Gasteiger partial charge is 0.416 e. The number of rotatable bonds is 3. The average Bonchev–Trinajstić information content (AvgIpc) is 2.16. The summed E-state index contributed by atoms with van der Waals surface area (Å²) in [6.07, 6.45) is -3.72. The average molecular weight is 232 g/mol. The van der Waals surface area contributed by atoms with Gasteiger partial charge in [-0.2, -0.15) is 13.2 Å². The zero-order valence-electron chi connectivity index (χ0n) is 8.64. The van der Waals surface area contributed by atoms with Gasteiger partial charge in [0.1, 0.15) is 5.75 Å². The lowest BCUT2D eigenvalue weighted by Crippen LogP contribution is -2.06. The topological polar surface area (TPSA) is 37.3 Å². The van der Waals surface area contributed by atoms with Crippen LogP contribution in [0.3, 0.4) is 0 Å². The summed E-state index contributed by atoms with van der Waals surface area (Å²) in [4.78, 5) is 11.4. The van der Waals surface area contributed by atoms with E-state index in [1.165, 1.54) is 0 Å². The predicted octanol–water partition coefficient (Wildman–Crippen LogP) is 3.39. The number of Topliss-reactive ketones (excluding diaryl/α,β-unsaturated/α-hetero) is 1. The lowest BCUT2D eigenvalue weighted by molar-refractivity contribution is -0.137. The first-order valence-electron chi connectivity index (χ1n) is 4.79. The number of benzene rings is 1. The number of carbonyl (C=O) groups is 1. The molecule has 1 rings (SSSR count). The fourth-order valence-corrected chi connectivity index (χ4v) is 1.31. The molecular weight excluding hydrogens is 221 g/mol. The maximum absolute atomic E-state index is 12.3. The molecule has 0 amide bonds. The summed E-state index contributed by atoms with van der Waals surface area (Å²) >= 11 is 0. The number of phenolic OH excluding ortho intramolecular Hbond substituents is 1. The maximum Gasteiger partial charge on any atom is 0.416 e. The van der Waals surface area contributed by atoms with Crippen LogP contribution in [0, 0.1) is 0 Å². The molecule has 0 fully saturated rings. The molecule has 0 unspecified atom stereocenters. The highest BCUT2D eigenvalue weighted by Gasteiger charge is 2.31. The molecule has 0 aliphatic rings. The fourth-order valence-electron chi connectivity index (χ4n) is 1.31. The summed E-state index contributed by atoms with van der Waals surface area (Å²) in [7, 11) is 0. The molecule has 0 aromatic heterocycles. The molecule has 88 valence electrons. The quantitative estimate of drug-likeness (QED) is 0.811. The molecule has 0 heterocycles. The molecule has 0 aliphatic carbocycles. The summed E-state index contributed by atoms with van der Waals surface area (Å²) in [5.41, 5.74) is -1.02. The zero-order chi connectivity index (χ0) is 12.3. The maximum atomic E-state index is 12.3. The van der Waals surface area contributed by atoms with E-state index in [-0.39, 0.29) is 17.8 Å². The van der Waals surface area contributed by atoms with Gasteiger partial charge in [0, 0.05) is 6.42 Å². The largest absolute Gasteiger partial charge is 0.507 e. The monoisotopic (exact) mass is 232 g/mol. The van der Waals surface area contributed by atoms with Gasteiger partial charge in [0.15, 0.2) is 5.78 Å². The number of carbonyl (C=O) groups excluding carboxylic acids is 1. The summed E-state index contributed by atoms with van der Waals surface area (Å²) < 4.78 is 36.8. The minimum Gasteiger partial charge on any atom is -0.507 e. The van der Waals surface area contributed by atoms with Gasteiger partial charge in [-0.1, -0.05) is 6.92 Å². The highest BCUT2D eigenvalue weighted by atomic mass is 19.4. The van der Waals surface area contributed by atoms with Gasteiger partial charge in [0.2, 0.25) is 0 Å². The standard InChI is InChI=1S/C11H11F3O2/c1-2-3-9(15)8-5-4-7(6-10(8)16)11(12,13)14/h4-6,16H,2-3H2,1H3. The fraction of sp³-hybridized carbons (Fsp3) is 0.364. The van der Waals surface area contributed by atoms with E-state index < -0.39 is 17.5 Å². The van der Waals surface area contributed by atoms with Crippen LogP contribution in [0.1, 0.15) is 35.7 Å². The Morgan fingerprint density at radius 3 is 2.44 bits per heavy atom. The van der Waals surface area contributed by atoms with Crippen molar-refractivity contribution in [3.05, 3.63) is 29.3 Å². The van der Waals surface area contributed by atoms with E-state index in [1.54, 1.807) is 6.92 Å². The van der Waals surface area contributed by atoms with Gasteiger partial charge in [0.25, 0.3) is 0 Å². The summed E-state index contributed by atoms with van der Waals surface area (Å²) in [6, 6.07) is 2.38. The molecule has 0 spiro atoms. The molecular formula is C11H11F3O2. The Hall–Kier alpha value is -1.52. The van der Waals surface area contributed by atoms with Crippen LogP contribution in [0.5, 0.6) is 5.75 Å². The van der Waals surface area contributed by atoms with Crippen LogP contribution >= 0.6 is 0 Å². The Labute approximate surface area is 90.7 Å². The van der Waals surface area contributed by atoms with Crippen LogP contribution in [0.25, 0.3) is 0 Å².